The summed E-state index contributed by atoms with van der Waals surface area (Å²) in [4.78, 5) is 39.5. The molecule has 0 saturated carbocycles. The van der Waals surface area contributed by atoms with Gasteiger partial charge in [0.25, 0.3) is 11.8 Å². The number of sulfone groups is 1. The van der Waals surface area contributed by atoms with Crippen molar-refractivity contribution >= 4 is 33.2 Å². The lowest BCUT2D eigenvalue weighted by Gasteiger charge is -2.25. The lowest BCUT2D eigenvalue weighted by molar-refractivity contribution is -0.120. The molecule has 1 atom stereocenters. The van der Waals surface area contributed by atoms with Gasteiger partial charge >= 0.3 is 0 Å². The molecule has 0 saturated heterocycles. The van der Waals surface area contributed by atoms with Crippen molar-refractivity contribution in [3.63, 3.8) is 0 Å². The molecule has 3 rings (SSSR count). The van der Waals surface area contributed by atoms with Gasteiger partial charge in [0.1, 0.15) is 15.9 Å². The number of amides is 3. The number of aryl methyl sites for hydroxylation is 2. The first-order valence-corrected chi connectivity index (χ1v) is 11.2. The normalized spacial score (nSPS) is 14.7. The van der Waals surface area contributed by atoms with Crippen LogP contribution in [-0.4, -0.2) is 49.1 Å². The number of imide groups is 1. The fourth-order valence-electron chi connectivity index (χ4n) is 3.24. The minimum atomic E-state index is -3.40. The van der Waals surface area contributed by atoms with Gasteiger partial charge in [-0.1, -0.05) is 18.2 Å². The van der Waals surface area contributed by atoms with E-state index in [2.05, 4.69) is 5.32 Å². The van der Waals surface area contributed by atoms with Gasteiger partial charge in [0.05, 0.1) is 16.9 Å². The van der Waals surface area contributed by atoms with Crippen molar-refractivity contribution in [2.45, 2.75) is 26.3 Å². The van der Waals surface area contributed by atoms with E-state index in [0.29, 0.717) is 5.69 Å². The number of carbonyl (C=O) groups is 3. The molecule has 0 unspecified atom stereocenters. The third kappa shape index (κ3) is 4.37. The van der Waals surface area contributed by atoms with Crippen molar-refractivity contribution in [2.75, 3.05) is 17.3 Å². The smallest absolute Gasteiger partial charge is 0.262 e. The van der Waals surface area contributed by atoms with Crippen LogP contribution in [-0.2, 0) is 14.6 Å². The number of rotatable bonds is 6. The number of carbonyl (C=O) groups excluding carboxylic acids is 3. The Labute approximate surface area is 169 Å². The van der Waals surface area contributed by atoms with Crippen LogP contribution in [0, 0.1) is 13.8 Å². The fraction of sp³-hybridized carbons (Fsp3) is 0.286. The Balaban J connectivity index is 1.92. The number of nitrogens with zero attached hydrogens (tertiary/aromatic N) is 1. The molecule has 0 spiro atoms. The number of nitrogens with one attached hydrogen (secondary N) is 1. The fourth-order valence-corrected chi connectivity index (χ4v) is 3.89. The summed E-state index contributed by atoms with van der Waals surface area (Å²) in [6.45, 7) is 3.84. The second-order valence-corrected chi connectivity index (χ2v) is 9.51. The third-order valence-electron chi connectivity index (χ3n) is 4.98. The standard InChI is InChI=1S/C21H22N2O5S/c1-13-8-9-15(12-14(13)2)22-19(24)18(10-11-29(3,27)28)23-20(25)16-6-4-5-7-17(16)21(23)26/h4-9,12,18H,10-11H2,1-3H3,(H,22,24)/t18-/m0/s1. The van der Waals surface area contributed by atoms with Crippen molar-refractivity contribution in [1.29, 1.82) is 0 Å². The van der Waals surface area contributed by atoms with E-state index in [0.717, 1.165) is 22.3 Å². The molecule has 0 aromatic heterocycles. The first kappa shape index (κ1) is 20.7. The molecular formula is C21H22N2O5S. The average molecular weight is 414 g/mol. The maximum Gasteiger partial charge on any atom is 0.262 e. The van der Waals surface area contributed by atoms with Crippen LogP contribution in [0.1, 0.15) is 38.3 Å². The molecule has 0 bridgehead atoms. The molecule has 152 valence electrons. The maximum atomic E-state index is 13.0. The molecule has 1 N–H and O–H groups in total. The van der Waals surface area contributed by atoms with Gasteiger partial charge in [0.2, 0.25) is 5.91 Å². The van der Waals surface area contributed by atoms with Gasteiger partial charge in [-0.15, -0.1) is 0 Å². The van der Waals surface area contributed by atoms with Crippen molar-refractivity contribution in [1.82, 2.24) is 4.90 Å². The summed E-state index contributed by atoms with van der Waals surface area (Å²) < 4.78 is 23.3. The first-order valence-electron chi connectivity index (χ1n) is 9.11. The van der Waals surface area contributed by atoms with Crippen molar-refractivity contribution in [2.24, 2.45) is 0 Å². The van der Waals surface area contributed by atoms with Gasteiger partial charge in [0, 0.05) is 11.9 Å². The highest BCUT2D eigenvalue weighted by Gasteiger charge is 2.42. The summed E-state index contributed by atoms with van der Waals surface area (Å²) in [5, 5.41) is 2.71. The molecule has 0 fully saturated rings. The first-order chi connectivity index (χ1) is 13.6. The van der Waals surface area contributed by atoms with Gasteiger partial charge in [0.15, 0.2) is 0 Å². The molecule has 1 aliphatic heterocycles. The molecular weight excluding hydrogens is 392 g/mol. The summed E-state index contributed by atoms with van der Waals surface area (Å²) in [7, 11) is -3.40. The van der Waals surface area contributed by atoms with Gasteiger partial charge in [-0.05, 0) is 55.7 Å². The Morgan fingerprint density at radius 2 is 1.59 bits per heavy atom. The van der Waals surface area contributed by atoms with Crippen molar-refractivity contribution < 1.29 is 22.8 Å². The van der Waals surface area contributed by atoms with E-state index in [-0.39, 0.29) is 23.3 Å². The zero-order valence-corrected chi connectivity index (χ0v) is 17.2. The van der Waals surface area contributed by atoms with Crippen LogP contribution >= 0.6 is 0 Å². The second-order valence-electron chi connectivity index (χ2n) is 7.25. The largest absolute Gasteiger partial charge is 0.324 e. The van der Waals surface area contributed by atoms with Crippen LogP contribution in [0.4, 0.5) is 5.69 Å². The van der Waals surface area contributed by atoms with Crippen LogP contribution in [0.5, 0.6) is 0 Å². The van der Waals surface area contributed by atoms with E-state index in [1.165, 1.54) is 12.1 Å². The number of fused-ring (bicyclic) bond motifs is 1. The van der Waals surface area contributed by atoms with E-state index in [9.17, 15) is 22.8 Å². The molecule has 8 heteroatoms. The predicted molar refractivity (Wildman–Crippen MR) is 110 cm³/mol. The van der Waals surface area contributed by atoms with E-state index >= 15 is 0 Å². The molecule has 3 amide bonds. The molecule has 0 radical (unpaired) electrons. The highest BCUT2D eigenvalue weighted by Crippen LogP contribution is 2.26. The number of hydrogen-bond acceptors (Lipinski definition) is 5. The van der Waals surface area contributed by atoms with Crippen LogP contribution in [0.25, 0.3) is 0 Å². The second kappa shape index (κ2) is 7.79. The van der Waals surface area contributed by atoms with Gasteiger partial charge in [-0.2, -0.15) is 0 Å². The zero-order chi connectivity index (χ0) is 21.3. The Morgan fingerprint density at radius 3 is 2.10 bits per heavy atom. The lowest BCUT2D eigenvalue weighted by Crippen LogP contribution is -2.48. The molecule has 1 aliphatic rings. The SMILES string of the molecule is Cc1ccc(NC(=O)[C@H](CCS(C)(=O)=O)N2C(=O)c3ccccc3C2=O)cc1C. The van der Waals surface area contributed by atoms with Crippen LogP contribution in [0.3, 0.4) is 0 Å². The summed E-state index contributed by atoms with van der Waals surface area (Å²) in [5.74, 6) is -2.13. The molecule has 2 aromatic rings. The highest BCUT2D eigenvalue weighted by molar-refractivity contribution is 7.90. The number of benzene rings is 2. The molecule has 29 heavy (non-hydrogen) atoms. The quantitative estimate of drug-likeness (QED) is 0.731. The molecule has 2 aromatic carbocycles. The van der Waals surface area contributed by atoms with E-state index in [1.54, 1.807) is 24.3 Å². The summed E-state index contributed by atoms with van der Waals surface area (Å²) in [5.41, 5.74) is 2.95. The van der Waals surface area contributed by atoms with Crippen LogP contribution in [0.2, 0.25) is 0 Å². The van der Waals surface area contributed by atoms with Crippen LogP contribution in [0.15, 0.2) is 42.5 Å². The van der Waals surface area contributed by atoms with Crippen molar-refractivity contribution in [3.05, 3.63) is 64.7 Å². The Morgan fingerprint density at radius 1 is 1.00 bits per heavy atom. The molecule has 1 heterocycles. The topological polar surface area (TPSA) is 101 Å². The Bertz CT molecular complexity index is 1070. The van der Waals surface area contributed by atoms with Crippen molar-refractivity contribution in [3.8, 4) is 0 Å². The lowest BCUT2D eigenvalue weighted by atomic mass is 10.1. The third-order valence-corrected chi connectivity index (χ3v) is 5.95. The molecule has 0 aliphatic carbocycles. The Kier molecular flexibility index (Phi) is 5.57. The minimum absolute atomic E-state index is 0.180. The minimum Gasteiger partial charge on any atom is -0.324 e. The van der Waals surface area contributed by atoms with E-state index in [1.807, 2.05) is 19.9 Å². The molecule has 7 nitrogen and oxygen atoms in total. The van der Waals surface area contributed by atoms with Gasteiger partial charge < -0.3 is 5.32 Å². The summed E-state index contributed by atoms with van der Waals surface area (Å²) >= 11 is 0. The predicted octanol–water partition coefficient (Wildman–Crippen LogP) is 2.34. The number of anilines is 1. The van der Waals surface area contributed by atoms with Gasteiger partial charge in [-0.3, -0.25) is 19.3 Å². The average Bonchev–Trinajstić information content (AvgIpc) is 2.90. The highest BCUT2D eigenvalue weighted by atomic mass is 32.2. The summed E-state index contributed by atoms with van der Waals surface area (Å²) in [6, 6.07) is 10.4. The van der Waals surface area contributed by atoms with E-state index < -0.39 is 33.6 Å². The summed E-state index contributed by atoms with van der Waals surface area (Å²) in [6.07, 6.45) is 0.870. The van der Waals surface area contributed by atoms with E-state index in [4.69, 9.17) is 0 Å². The van der Waals surface area contributed by atoms with Crippen LogP contribution < -0.4 is 5.32 Å². The number of hydrogen-bond donors (Lipinski definition) is 1. The Hall–Kier alpha value is -3.00. The zero-order valence-electron chi connectivity index (χ0n) is 16.4. The monoisotopic (exact) mass is 414 g/mol. The van der Waals surface area contributed by atoms with Gasteiger partial charge in [-0.25, -0.2) is 8.42 Å². The maximum absolute atomic E-state index is 13.0.